The van der Waals surface area contributed by atoms with Gasteiger partial charge in [-0.15, -0.1) is 0 Å². The van der Waals surface area contributed by atoms with E-state index in [-0.39, 0.29) is 17.9 Å². The first kappa shape index (κ1) is 19.9. The molecule has 0 unspecified atom stereocenters. The van der Waals surface area contributed by atoms with Gasteiger partial charge in [-0.2, -0.15) is 5.26 Å². The molecule has 0 radical (unpaired) electrons. The van der Waals surface area contributed by atoms with Crippen molar-refractivity contribution >= 4 is 11.6 Å². The van der Waals surface area contributed by atoms with Gasteiger partial charge in [0.1, 0.15) is 5.75 Å². The number of hydrogen-bond donors (Lipinski definition) is 1. The third kappa shape index (κ3) is 4.36. The fraction of sp³-hybridized carbons (Fsp3) is 0.417. The largest absolute Gasteiger partial charge is 0.483 e. The Balaban J connectivity index is 1.62. The average molecular weight is 377 g/mol. The fourth-order valence-electron chi connectivity index (χ4n) is 3.90. The summed E-state index contributed by atoms with van der Waals surface area (Å²) in [6.07, 6.45) is 4.02. The monoisotopic (exact) mass is 376 g/mol. The van der Waals surface area contributed by atoms with Crippen molar-refractivity contribution in [2.75, 3.05) is 11.9 Å². The van der Waals surface area contributed by atoms with Crippen LogP contribution in [0.5, 0.6) is 5.75 Å². The molecular weight excluding hydrogens is 348 g/mol. The molecular formula is C24H28N2O2. The van der Waals surface area contributed by atoms with E-state index in [2.05, 4.69) is 37.4 Å². The zero-order valence-electron chi connectivity index (χ0n) is 16.9. The highest BCUT2D eigenvalue weighted by molar-refractivity contribution is 5.91. The van der Waals surface area contributed by atoms with E-state index in [1.165, 1.54) is 0 Å². The maximum atomic E-state index is 12.3. The summed E-state index contributed by atoms with van der Waals surface area (Å²) in [6, 6.07) is 16.3. The number of carbonyl (C=O) groups is 1. The quantitative estimate of drug-likeness (QED) is 0.727. The van der Waals surface area contributed by atoms with Gasteiger partial charge >= 0.3 is 0 Å². The highest BCUT2D eigenvalue weighted by atomic mass is 16.5. The highest BCUT2D eigenvalue weighted by Crippen LogP contribution is 2.40. The van der Waals surface area contributed by atoms with Crippen LogP contribution in [0.1, 0.15) is 62.1 Å². The molecule has 0 atom stereocenters. The lowest BCUT2D eigenvalue weighted by molar-refractivity contribution is -0.118. The molecule has 146 valence electrons. The van der Waals surface area contributed by atoms with E-state index in [4.69, 9.17) is 4.74 Å². The van der Waals surface area contributed by atoms with E-state index in [0.29, 0.717) is 5.92 Å². The van der Waals surface area contributed by atoms with Gasteiger partial charge in [0.15, 0.2) is 6.61 Å². The molecule has 2 aromatic carbocycles. The van der Waals surface area contributed by atoms with Gasteiger partial charge in [0, 0.05) is 5.69 Å². The number of nitrogens with one attached hydrogen (secondary N) is 1. The van der Waals surface area contributed by atoms with Crippen LogP contribution in [0.2, 0.25) is 0 Å². The Hall–Kier alpha value is -2.80. The highest BCUT2D eigenvalue weighted by Gasteiger charge is 2.35. The van der Waals surface area contributed by atoms with Crippen molar-refractivity contribution in [1.29, 1.82) is 5.26 Å². The molecule has 3 rings (SSSR count). The summed E-state index contributed by atoms with van der Waals surface area (Å²) in [5.74, 6) is 0.895. The van der Waals surface area contributed by atoms with E-state index in [1.54, 1.807) is 0 Å². The number of amides is 1. The number of carbonyl (C=O) groups excluding carboxylic acids is 1. The summed E-state index contributed by atoms with van der Waals surface area (Å²) >= 11 is 0. The molecule has 4 nitrogen and oxygen atoms in total. The van der Waals surface area contributed by atoms with E-state index in [9.17, 15) is 10.1 Å². The number of benzene rings is 2. The number of anilines is 1. The molecule has 1 aliphatic rings. The maximum Gasteiger partial charge on any atom is 0.262 e. The van der Waals surface area contributed by atoms with Crippen LogP contribution < -0.4 is 10.1 Å². The average Bonchev–Trinajstić information content (AvgIpc) is 3.17. The topological polar surface area (TPSA) is 62.1 Å². The third-order valence-electron chi connectivity index (χ3n) is 5.54. The van der Waals surface area contributed by atoms with Gasteiger partial charge in [-0.25, -0.2) is 0 Å². The Morgan fingerprint density at radius 2 is 1.86 bits per heavy atom. The molecule has 0 heterocycles. The zero-order chi connectivity index (χ0) is 20.1. The molecule has 1 saturated carbocycles. The minimum atomic E-state index is -0.357. The first-order valence-corrected chi connectivity index (χ1v) is 9.98. The molecule has 0 saturated heterocycles. The summed E-state index contributed by atoms with van der Waals surface area (Å²) in [4.78, 5) is 12.3. The van der Waals surface area contributed by atoms with Gasteiger partial charge in [-0.3, -0.25) is 4.79 Å². The molecule has 0 bridgehead atoms. The molecule has 1 amide bonds. The van der Waals surface area contributed by atoms with Gasteiger partial charge in [0.25, 0.3) is 5.91 Å². The lowest BCUT2D eigenvalue weighted by Crippen LogP contribution is -2.21. The van der Waals surface area contributed by atoms with Crippen molar-refractivity contribution in [1.82, 2.24) is 0 Å². The second kappa shape index (κ2) is 8.48. The van der Waals surface area contributed by atoms with E-state index < -0.39 is 0 Å². The van der Waals surface area contributed by atoms with Gasteiger partial charge in [0.05, 0.1) is 11.5 Å². The Bertz CT molecular complexity index is 872. The third-order valence-corrected chi connectivity index (χ3v) is 5.54. The first-order valence-electron chi connectivity index (χ1n) is 9.98. The molecule has 28 heavy (non-hydrogen) atoms. The van der Waals surface area contributed by atoms with Crippen LogP contribution in [0.25, 0.3) is 0 Å². The summed E-state index contributed by atoms with van der Waals surface area (Å²) in [7, 11) is 0. The van der Waals surface area contributed by atoms with Gasteiger partial charge in [-0.1, -0.05) is 51.0 Å². The lowest BCUT2D eigenvalue weighted by Gasteiger charge is -2.21. The number of nitrogens with zero attached hydrogens (tertiary/aromatic N) is 1. The van der Waals surface area contributed by atoms with E-state index in [0.717, 1.165) is 53.8 Å². The van der Waals surface area contributed by atoms with Crippen LogP contribution >= 0.6 is 0 Å². The van der Waals surface area contributed by atoms with Crippen LogP contribution in [0.4, 0.5) is 5.69 Å². The van der Waals surface area contributed by atoms with Crippen molar-refractivity contribution in [2.45, 2.75) is 57.8 Å². The predicted octanol–water partition coefficient (Wildman–Crippen LogP) is 5.47. The lowest BCUT2D eigenvalue weighted by atomic mass is 9.80. The molecule has 0 aliphatic heterocycles. The van der Waals surface area contributed by atoms with Crippen LogP contribution in [0.3, 0.4) is 0 Å². The molecule has 1 N–H and O–H groups in total. The van der Waals surface area contributed by atoms with Crippen molar-refractivity contribution in [3.63, 3.8) is 0 Å². The Kier molecular flexibility index (Phi) is 6.04. The van der Waals surface area contributed by atoms with Gasteiger partial charge in [0.2, 0.25) is 0 Å². The van der Waals surface area contributed by atoms with Crippen molar-refractivity contribution < 1.29 is 9.53 Å². The van der Waals surface area contributed by atoms with Crippen LogP contribution in [-0.4, -0.2) is 12.5 Å². The number of rotatable bonds is 6. The smallest absolute Gasteiger partial charge is 0.262 e. The number of nitriles is 1. The molecule has 2 aromatic rings. The van der Waals surface area contributed by atoms with Gasteiger partial charge in [-0.05, 0) is 60.6 Å². The molecule has 1 aliphatic carbocycles. The Labute approximate surface area is 167 Å². The normalized spacial score (nSPS) is 15.2. The standard InChI is InChI=1S/C24H28N2O2/c1-17(2)21-11-6-18(3)14-22(21)28-15-23(27)26-20-9-7-19(8-10-20)24(16-25)12-4-5-13-24/h6-11,14,17H,4-5,12-13,15H2,1-3H3,(H,26,27). The van der Waals surface area contributed by atoms with Crippen molar-refractivity contribution in [3.8, 4) is 11.8 Å². The van der Waals surface area contributed by atoms with Crippen molar-refractivity contribution in [2.24, 2.45) is 0 Å². The Morgan fingerprint density at radius 1 is 1.18 bits per heavy atom. The van der Waals surface area contributed by atoms with E-state index in [1.807, 2.05) is 37.3 Å². The fourth-order valence-corrected chi connectivity index (χ4v) is 3.90. The maximum absolute atomic E-state index is 12.3. The number of hydrogen-bond acceptors (Lipinski definition) is 3. The minimum absolute atomic E-state index is 0.0347. The second-order valence-corrected chi connectivity index (χ2v) is 8.01. The molecule has 0 spiro atoms. The van der Waals surface area contributed by atoms with Crippen LogP contribution in [0.15, 0.2) is 42.5 Å². The molecule has 0 aromatic heterocycles. The first-order chi connectivity index (χ1) is 13.4. The minimum Gasteiger partial charge on any atom is -0.483 e. The predicted molar refractivity (Wildman–Crippen MR) is 112 cm³/mol. The molecule has 1 fully saturated rings. The van der Waals surface area contributed by atoms with E-state index >= 15 is 0 Å². The zero-order valence-corrected chi connectivity index (χ0v) is 16.9. The summed E-state index contributed by atoms with van der Waals surface area (Å²) in [5, 5.41) is 12.5. The number of aryl methyl sites for hydroxylation is 1. The van der Waals surface area contributed by atoms with Crippen LogP contribution in [-0.2, 0) is 10.2 Å². The summed E-state index contributed by atoms with van der Waals surface area (Å²) in [5.41, 5.74) is 3.61. The second-order valence-electron chi connectivity index (χ2n) is 8.01. The summed E-state index contributed by atoms with van der Waals surface area (Å²) in [6.45, 7) is 6.19. The SMILES string of the molecule is Cc1ccc(C(C)C)c(OCC(=O)Nc2ccc(C3(C#N)CCCC3)cc2)c1. The molecule has 4 heteroatoms. The van der Waals surface area contributed by atoms with Crippen LogP contribution in [0, 0.1) is 18.3 Å². The Morgan fingerprint density at radius 3 is 2.46 bits per heavy atom. The van der Waals surface area contributed by atoms with Gasteiger partial charge < -0.3 is 10.1 Å². The number of ether oxygens (including phenoxy) is 1. The summed E-state index contributed by atoms with van der Waals surface area (Å²) < 4.78 is 5.80. The van der Waals surface area contributed by atoms with Crippen molar-refractivity contribution in [3.05, 3.63) is 59.2 Å².